The van der Waals surface area contributed by atoms with Gasteiger partial charge in [0, 0.05) is 18.2 Å². The summed E-state index contributed by atoms with van der Waals surface area (Å²) in [5.41, 5.74) is 9.61. The molecule has 0 bridgehead atoms. The number of carbonyl (C=O) groups excluding carboxylic acids is 2. The molecule has 15 heteroatoms. The smallest absolute Gasteiger partial charge is 0.313 e. The molecule has 0 saturated carbocycles. The van der Waals surface area contributed by atoms with Crippen LogP contribution in [-0.2, 0) is 46.1 Å². The summed E-state index contributed by atoms with van der Waals surface area (Å²) in [6.45, 7) is 4.59. The second kappa shape index (κ2) is 26.2. The first kappa shape index (κ1) is 45.6. The van der Waals surface area contributed by atoms with Gasteiger partial charge in [0.25, 0.3) is 0 Å². The Morgan fingerprint density at radius 2 is 1.11 bits per heavy atom. The van der Waals surface area contributed by atoms with Crippen LogP contribution >= 0.6 is 0 Å². The van der Waals surface area contributed by atoms with Gasteiger partial charge in [-0.25, -0.2) is 18.2 Å². The zero-order chi connectivity index (χ0) is 39.8. The van der Waals surface area contributed by atoms with Gasteiger partial charge >= 0.3 is 5.97 Å². The summed E-state index contributed by atoms with van der Waals surface area (Å²) in [6, 6.07) is 8.46. The Morgan fingerprint density at radius 3 is 1.71 bits per heavy atom. The lowest BCUT2D eigenvalue weighted by Crippen LogP contribution is -2.16. The minimum atomic E-state index is -2.35. The number of nitrogens with two attached hydrogens (primary N) is 1. The number of aryl methyl sites for hydroxylation is 2. The van der Waals surface area contributed by atoms with Gasteiger partial charge in [0.15, 0.2) is 0 Å². The average molecular weight is 785 g/mol. The van der Waals surface area contributed by atoms with Crippen LogP contribution in [0.4, 0.5) is 27.8 Å². The molecule has 2 aromatic carbocycles. The number of hydrogen-bond acceptors (Lipinski definition) is 10. The Morgan fingerprint density at radius 1 is 0.600 bits per heavy atom. The number of esters is 1. The van der Waals surface area contributed by atoms with Crippen molar-refractivity contribution >= 4 is 28.5 Å². The van der Waals surface area contributed by atoms with E-state index in [2.05, 4.69) is 28.8 Å². The van der Waals surface area contributed by atoms with Crippen LogP contribution in [0.2, 0.25) is 0 Å². The summed E-state index contributed by atoms with van der Waals surface area (Å²) in [5, 5.41) is 1.19. The molecule has 0 spiro atoms. The number of halogens is 5. The molecule has 0 aliphatic heterocycles. The molecule has 0 radical (unpaired) electrons. The molecule has 306 valence electrons. The van der Waals surface area contributed by atoms with Gasteiger partial charge in [-0.1, -0.05) is 44.7 Å². The van der Waals surface area contributed by atoms with Crippen LogP contribution in [0, 0.1) is 29.1 Å². The number of unbranched alkanes of at least 4 members (excludes halogenated alkanes) is 5. The minimum absolute atomic E-state index is 0.0765. The van der Waals surface area contributed by atoms with Gasteiger partial charge < -0.3 is 34.2 Å². The fourth-order valence-corrected chi connectivity index (χ4v) is 5.58. The van der Waals surface area contributed by atoms with Crippen LogP contribution in [0.25, 0.3) is 10.9 Å². The van der Waals surface area contributed by atoms with E-state index in [9.17, 15) is 31.5 Å². The molecule has 1 heterocycles. The number of nitrogen functional groups attached to an aromatic ring is 1. The Hall–Kier alpha value is -3.76. The van der Waals surface area contributed by atoms with Crippen molar-refractivity contribution in [1.29, 1.82) is 0 Å². The van der Waals surface area contributed by atoms with E-state index in [-0.39, 0.29) is 32.2 Å². The molecular weight excluding hydrogens is 731 g/mol. The molecule has 10 nitrogen and oxygen atoms in total. The number of nitrogens with zero attached hydrogens (tertiary/aromatic N) is 1. The van der Waals surface area contributed by atoms with Crippen molar-refractivity contribution in [1.82, 2.24) is 4.98 Å². The molecule has 0 aliphatic carbocycles. The summed E-state index contributed by atoms with van der Waals surface area (Å²) in [4.78, 5) is 28.6. The predicted molar refractivity (Wildman–Crippen MR) is 196 cm³/mol. The standard InChI is InChI=1S/C40H53F5N2O8/c1-2-3-6-11-29-27-31-28(12-9-14-32(31)47-40(29)46)10-7-4-5-8-13-30(48)15-17-50-19-21-52-23-25-54-26-24-53-22-20-51-18-16-33(49)55-39-37(44)35(42)34(41)36(43)38(39)45/h9,12,14,27H,2-8,10-11,13,15-26H2,1H3,(H2,46,47). The Bertz CT molecular complexity index is 1600. The van der Waals surface area contributed by atoms with Crippen LogP contribution < -0.4 is 10.5 Å². The van der Waals surface area contributed by atoms with E-state index in [1.54, 1.807) is 0 Å². The van der Waals surface area contributed by atoms with E-state index in [1.165, 1.54) is 23.8 Å². The number of aromatic nitrogens is 1. The number of pyridine rings is 1. The molecule has 0 atom stereocenters. The molecule has 0 unspecified atom stereocenters. The van der Waals surface area contributed by atoms with E-state index >= 15 is 0 Å². The normalized spacial score (nSPS) is 11.5. The number of fused-ring (bicyclic) bond motifs is 1. The minimum Gasteiger partial charge on any atom is -0.420 e. The summed E-state index contributed by atoms with van der Waals surface area (Å²) in [7, 11) is 0. The van der Waals surface area contributed by atoms with Crippen molar-refractivity contribution in [3.8, 4) is 5.75 Å². The molecule has 0 amide bonds. The largest absolute Gasteiger partial charge is 0.420 e. The first-order chi connectivity index (χ1) is 26.6. The molecule has 0 aliphatic rings. The van der Waals surface area contributed by atoms with E-state index in [0.717, 1.165) is 56.0 Å². The second-order valence-corrected chi connectivity index (χ2v) is 12.9. The van der Waals surface area contributed by atoms with Crippen molar-refractivity contribution in [2.45, 2.75) is 84.0 Å². The number of anilines is 1. The van der Waals surface area contributed by atoms with Gasteiger partial charge in [0.05, 0.1) is 78.0 Å². The van der Waals surface area contributed by atoms with Crippen molar-refractivity contribution in [2.75, 3.05) is 71.8 Å². The maximum absolute atomic E-state index is 13.6. The Labute approximate surface area is 319 Å². The van der Waals surface area contributed by atoms with E-state index in [0.29, 0.717) is 58.3 Å². The van der Waals surface area contributed by atoms with Gasteiger partial charge in [-0.15, -0.1) is 0 Å². The lowest BCUT2D eigenvalue weighted by atomic mass is 9.98. The fourth-order valence-electron chi connectivity index (χ4n) is 5.58. The molecule has 0 fully saturated rings. The second-order valence-electron chi connectivity index (χ2n) is 12.9. The molecule has 3 aromatic rings. The highest BCUT2D eigenvalue weighted by Crippen LogP contribution is 2.29. The highest BCUT2D eigenvalue weighted by Gasteiger charge is 2.28. The molecular formula is C40H53F5N2O8. The first-order valence-electron chi connectivity index (χ1n) is 18.9. The number of ketones is 1. The van der Waals surface area contributed by atoms with Gasteiger partial charge in [-0.2, -0.15) is 8.78 Å². The Balaban J connectivity index is 1.08. The molecule has 3 rings (SSSR count). The lowest BCUT2D eigenvalue weighted by molar-refractivity contribution is -0.136. The maximum atomic E-state index is 13.6. The van der Waals surface area contributed by atoms with Gasteiger partial charge in [0.1, 0.15) is 11.6 Å². The third-order valence-electron chi connectivity index (χ3n) is 8.61. The summed E-state index contributed by atoms with van der Waals surface area (Å²) in [5.74, 6) is -13.3. The van der Waals surface area contributed by atoms with Crippen molar-refractivity contribution in [3.05, 3.63) is 64.5 Å². The van der Waals surface area contributed by atoms with Crippen LogP contribution in [0.3, 0.4) is 0 Å². The van der Waals surface area contributed by atoms with Crippen molar-refractivity contribution < 1.29 is 60.0 Å². The number of Topliss-reactive ketones (excluding diaryl/α,β-unsaturated/α-hetero) is 1. The van der Waals surface area contributed by atoms with Gasteiger partial charge in [-0.3, -0.25) is 9.59 Å². The van der Waals surface area contributed by atoms with E-state index < -0.39 is 47.2 Å². The summed E-state index contributed by atoms with van der Waals surface area (Å²) in [6.07, 6.45) is 9.87. The van der Waals surface area contributed by atoms with Gasteiger partial charge in [0.2, 0.25) is 34.8 Å². The van der Waals surface area contributed by atoms with Crippen molar-refractivity contribution in [2.24, 2.45) is 0 Å². The van der Waals surface area contributed by atoms with Gasteiger partial charge in [-0.05, 0) is 55.4 Å². The molecule has 1 aromatic heterocycles. The zero-order valence-corrected chi connectivity index (χ0v) is 31.5. The lowest BCUT2D eigenvalue weighted by Gasteiger charge is -2.11. The third kappa shape index (κ3) is 16.5. The topological polar surface area (TPSA) is 128 Å². The monoisotopic (exact) mass is 784 g/mol. The Kier molecular flexibility index (Phi) is 21.7. The van der Waals surface area contributed by atoms with Crippen LogP contribution in [0.1, 0.15) is 82.3 Å². The van der Waals surface area contributed by atoms with Crippen molar-refractivity contribution in [3.63, 3.8) is 0 Å². The predicted octanol–water partition coefficient (Wildman–Crippen LogP) is 7.78. The SMILES string of the molecule is CCCCCc1cc2c(CCCCCCC(=O)CCOCCOCCOCCOCCOCCC(=O)Oc3c(F)c(F)c(F)c(F)c3F)cccc2nc1N. The third-order valence-corrected chi connectivity index (χ3v) is 8.61. The highest BCUT2D eigenvalue weighted by atomic mass is 19.2. The number of ether oxygens (including phenoxy) is 6. The number of carbonyl (C=O) groups is 2. The molecule has 0 saturated heterocycles. The molecule has 2 N–H and O–H groups in total. The zero-order valence-electron chi connectivity index (χ0n) is 31.5. The number of rotatable bonds is 30. The number of benzene rings is 2. The fraction of sp³-hybridized carbons (Fsp3) is 0.575. The molecule has 55 heavy (non-hydrogen) atoms. The summed E-state index contributed by atoms with van der Waals surface area (Å²) >= 11 is 0. The number of hydrogen-bond donors (Lipinski definition) is 1. The quantitative estimate of drug-likeness (QED) is 0.0179. The van der Waals surface area contributed by atoms with E-state index in [4.69, 9.17) is 29.4 Å². The maximum Gasteiger partial charge on any atom is 0.313 e. The highest BCUT2D eigenvalue weighted by molar-refractivity contribution is 5.84. The van der Waals surface area contributed by atoms with E-state index in [1.807, 2.05) is 12.1 Å². The average Bonchev–Trinajstić information content (AvgIpc) is 3.17. The summed E-state index contributed by atoms with van der Waals surface area (Å²) < 4.78 is 97.7. The first-order valence-corrected chi connectivity index (χ1v) is 18.9. The van der Waals surface area contributed by atoms with Crippen LogP contribution in [-0.4, -0.2) is 82.8 Å². The van der Waals surface area contributed by atoms with Crippen LogP contribution in [0.5, 0.6) is 5.75 Å². The van der Waals surface area contributed by atoms with Crippen LogP contribution in [0.15, 0.2) is 24.3 Å².